The van der Waals surface area contributed by atoms with E-state index in [-0.39, 0.29) is 17.0 Å². The number of pyridine rings is 1. The summed E-state index contributed by atoms with van der Waals surface area (Å²) in [6.45, 7) is 0. The highest BCUT2D eigenvalue weighted by molar-refractivity contribution is 5.94. The zero-order valence-electron chi connectivity index (χ0n) is 7.95. The third kappa shape index (κ3) is 2.00. The maximum Gasteiger partial charge on any atom is 0.573 e. The number of nitrogens with zero attached hydrogens (tertiary/aromatic N) is 1. The average Bonchev–Trinajstić information content (AvgIpc) is 2.17. The highest BCUT2D eigenvalue weighted by atomic mass is 19.4. The molecule has 2 rings (SSSR count). The quantitative estimate of drug-likeness (QED) is 0.816. The van der Waals surface area contributed by atoms with E-state index < -0.39 is 6.36 Å². The van der Waals surface area contributed by atoms with Gasteiger partial charge < -0.3 is 10.5 Å². The van der Waals surface area contributed by atoms with Crippen molar-refractivity contribution in [2.24, 2.45) is 0 Å². The largest absolute Gasteiger partial charge is 0.573 e. The third-order valence-electron chi connectivity index (χ3n) is 2.02. The van der Waals surface area contributed by atoms with Gasteiger partial charge in [-0.25, -0.2) is 4.98 Å². The highest BCUT2D eigenvalue weighted by Gasteiger charge is 2.31. The van der Waals surface area contributed by atoms with E-state index in [1.165, 1.54) is 24.4 Å². The molecule has 0 aliphatic rings. The molecular formula is C10H7F3N2O. The number of nitrogen functional groups attached to an aromatic ring is 1. The zero-order chi connectivity index (χ0) is 11.8. The van der Waals surface area contributed by atoms with Crippen molar-refractivity contribution >= 4 is 16.6 Å². The fourth-order valence-electron chi connectivity index (χ4n) is 1.41. The molecule has 0 unspecified atom stereocenters. The van der Waals surface area contributed by atoms with Crippen LogP contribution in [0.5, 0.6) is 5.75 Å². The van der Waals surface area contributed by atoms with Gasteiger partial charge in [0.05, 0.1) is 0 Å². The third-order valence-corrected chi connectivity index (χ3v) is 2.02. The summed E-state index contributed by atoms with van der Waals surface area (Å²) in [5, 5.41) is 0.719. The number of benzene rings is 1. The molecule has 1 aromatic carbocycles. The second-order valence-electron chi connectivity index (χ2n) is 3.10. The lowest BCUT2D eigenvalue weighted by Crippen LogP contribution is -2.17. The molecule has 2 N–H and O–H groups in total. The molecule has 0 fully saturated rings. The van der Waals surface area contributed by atoms with Crippen molar-refractivity contribution in [2.45, 2.75) is 6.36 Å². The summed E-state index contributed by atoms with van der Waals surface area (Å²) in [5.41, 5.74) is 5.54. The molecule has 16 heavy (non-hydrogen) atoms. The number of halogens is 3. The van der Waals surface area contributed by atoms with E-state index in [9.17, 15) is 13.2 Å². The van der Waals surface area contributed by atoms with Crippen LogP contribution in [0.1, 0.15) is 0 Å². The summed E-state index contributed by atoms with van der Waals surface area (Å²) in [4.78, 5) is 3.79. The van der Waals surface area contributed by atoms with E-state index >= 15 is 0 Å². The van der Waals surface area contributed by atoms with Crippen LogP contribution >= 0.6 is 0 Å². The van der Waals surface area contributed by atoms with E-state index in [1.54, 1.807) is 6.07 Å². The minimum Gasteiger partial charge on any atom is -0.405 e. The predicted octanol–water partition coefficient (Wildman–Crippen LogP) is 2.72. The van der Waals surface area contributed by atoms with Crippen LogP contribution in [0, 0.1) is 0 Å². The summed E-state index contributed by atoms with van der Waals surface area (Å²) in [6.07, 6.45) is -3.38. The SMILES string of the molecule is Nc1nccc2c(OC(F)(F)F)cccc12. The molecule has 0 radical (unpaired) electrons. The number of anilines is 1. The van der Waals surface area contributed by atoms with Gasteiger partial charge in [0.2, 0.25) is 0 Å². The lowest BCUT2D eigenvalue weighted by atomic mass is 10.1. The van der Waals surface area contributed by atoms with Crippen molar-refractivity contribution in [1.29, 1.82) is 0 Å². The van der Waals surface area contributed by atoms with E-state index in [4.69, 9.17) is 5.73 Å². The normalized spacial score (nSPS) is 11.7. The number of aromatic nitrogens is 1. The van der Waals surface area contributed by atoms with Crippen LogP contribution in [0.4, 0.5) is 19.0 Å². The van der Waals surface area contributed by atoms with Gasteiger partial charge in [-0.3, -0.25) is 0 Å². The van der Waals surface area contributed by atoms with Gasteiger partial charge in [-0.05, 0) is 12.1 Å². The molecule has 3 nitrogen and oxygen atoms in total. The lowest BCUT2D eigenvalue weighted by Gasteiger charge is -2.11. The summed E-state index contributed by atoms with van der Waals surface area (Å²) < 4.78 is 40.2. The molecule has 0 amide bonds. The van der Waals surface area contributed by atoms with Crippen LogP contribution in [-0.4, -0.2) is 11.3 Å². The Morgan fingerprint density at radius 3 is 2.56 bits per heavy atom. The van der Waals surface area contributed by atoms with Gasteiger partial charge in [-0.15, -0.1) is 13.2 Å². The standard InChI is InChI=1S/C10H7F3N2O/c11-10(12,13)16-8-3-1-2-7-6(8)4-5-15-9(7)14/h1-5H,(H2,14,15). The number of hydrogen-bond acceptors (Lipinski definition) is 3. The monoisotopic (exact) mass is 228 g/mol. The highest BCUT2D eigenvalue weighted by Crippen LogP contribution is 2.31. The van der Waals surface area contributed by atoms with Gasteiger partial charge in [-0.2, -0.15) is 0 Å². The minimum atomic E-state index is -4.72. The minimum absolute atomic E-state index is 0.171. The maximum atomic E-state index is 12.1. The molecule has 6 heteroatoms. The molecule has 0 aliphatic heterocycles. The Balaban J connectivity index is 2.58. The molecule has 84 valence electrons. The molecule has 2 aromatic rings. The van der Waals surface area contributed by atoms with Gasteiger partial charge >= 0.3 is 6.36 Å². The summed E-state index contributed by atoms with van der Waals surface area (Å²) in [6, 6.07) is 5.67. The first-order valence-electron chi connectivity index (χ1n) is 4.36. The Labute approximate surface area is 88.6 Å². The number of fused-ring (bicyclic) bond motifs is 1. The average molecular weight is 228 g/mol. The lowest BCUT2D eigenvalue weighted by molar-refractivity contribution is -0.274. The Bertz CT molecular complexity index is 525. The number of ether oxygens (including phenoxy) is 1. The van der Waals surface area contributed by atoms with Gasteiger partial charge in [0, 0.05) is 17.0 Å². The van der Waals surface area contributed by atoms with Crippen LogP contribution in [0.3, 0.4) is 0 Å². The Morgan fingerprint density at radius 2 is 1.88 bits per heavy atom. The maximum absolute atomic E-state index is 12.1. The number of hydrogen-bond donors (Lipinski definition) is 1. The first-order chi connectivity index (χ1) is 7.47. The molecule has 0 spiro atoms. The summed E-state index contributed by atoms with van der Waals surface area (Å²) in [5.74, 6) is -0.107. The Hall–Kier alpha value is -1.98. The summed E-state index contributed by atoms with van der Waals surface area (Å²) in [7, 11) is 0. The van der Waals surface area contributed by atoms with Crippen LogP contribution in [-0.2, 0) is 0 Å². The Kier molecular flexibility index (Phi) is 2.34. The van der Waals surface area contributed by atoms with Crippen LogP contribution in [0.15, 0.2) is 30.5 Å². The molecule has 1 aromatic heterocycles. The van der Waals surface area contributed by atoms with Crippen molar-refractivity contribution in [1.82, 2.24) is 4.98 Å². The van der Waals surface area contributed by atoms with Gasteiger partial charge in [-0.1, -0.05) is 12.1 Å². The van der Waals surface area contributed by atoms with Crippen molar-refractivity contribution in [3.05, 3.63) is 30.5 Å². The van der Waals surface area contributed by atoms with Crippen molar-refractivity contribution in [2.75, 3.05) is 5.73 Å². The van der Waals surface area contributed by atoms with Crippen molar-refractivity contribution in [3.63, 3.8) is 0 Å². The van der Waals surface area contributed by atoms with E-state index in [0.29, 0.717) is 5.39 Å². The molecular weight excluding hydrogens is 221 g/mol. The van der Waals surface area contributed by atoms with E-state index in [1.807, 2.05) is 0 Å². The number of nitrogens with two attached hydrogens (primary N) is 1. The van der Waals surface area contributed by atoms with Crippen LogP contribution < -0.4 is 10.5 Å². The van der Waals surface area contributed by atoms with Crippen molar-refractivity contribution < 1.29 is 17.9 Å². The van der Waals surface area contributed by atoms with Gasteiger partial charge in [0.1, 0.15) is 11.6 Å². The summed E-state index contributed by atoms with van der Waals surface area (Å²) >= 11 is 0. The van der Waals surface area contributed by atoms with Crippen LogP contribution in [0.25, 0.3) is 10.8 Å². The second kappa shape index (κ2) is 3.55. The van der Waals surface area contributed by atoms with Gasteiger partial charge in [0.15, 0.2) is 0 Å². The molecule has 1 heterocycles. The molecule has 0 aliphatic carbocycles. The molecule has 0 atom stereocenters. The van der Waals surface area contributed by atoms with Crippen LogP contribution in [0.2, 0.25) is 0 Å². The zero-order valence-corrected chi connectivity index (χ0v) is 7.95. The number of rotatable bonds is 1. The first kappa shape index (κ1) is 10.5. The van der Waals surface area contributed by atoms with E-state index in [2.05, 4.69) is 9.72 Å². The topological polar surface area (TPSA) is 48.1 Å². The smallest absolute Gasteiger partial charge is 0.405 e. The fourth-order valence-corrected chi connectivity index (χ4v) is 1.41. The molecule has 0 saturated carbocycles. The predicted molar refractivity (Wildman–Crippen MR) is 52.8 cm³/mol. The molecule has 0 bridgehead atoms. The molecule has 0 saturated heterocycles. The number of alkyl halides is 3. The first-order valence-corrected chi connectivity index (χ1v) is 4.36. The Morgan fingerprint density at radius 1 is 1.12 bits per heavy atom. The fraction of sp³-hybridized carbons (Fsp3) is 0.100. The second-order valence-corrected chi connectivity index (χ2v) is 3.10. The van der Waals surface area contributed by atoms with Gasteiger partial charge in [0.25, 0.3) is 0 Å². The van der Waals surface area contributed by atoms with Crippen molar-refractivity contribution in [3.8, 4) is 5.75 Å². The van der Waals surface area contributed by atoms with E-state index in [0.717, 1.165) is 0 Å².